The lowest BCUT2D eigenvalue weighted by Crippen LogP contribution is -2.48. The summed E-state index contributed by atoms with van der Waals surface area (Å²) in [6.07, 6.45) is 5.60. The number of sulfonamides is 1. The summed E-state index contributed by atoms with van der Waals surface area (Å²) in [6.45, 7) is 8.48. The van der Waals surface area contributed by atoms with Crippen LogP contribution >= 0.6 is 11.3 Å². The van der Waals surface area contributed by atoms with E-state index in [1.54, 1.807) is 34.4 Å². The number of nitrogens with zero attached hydrogens (tertiary/aromatic N) is 3. The zero-order valence-electron chi connectivity index (χ0n) is 18.5. The average molecular weight is 476 g/mol. The summed E-state index contributed by atoms with van der Waals surface area (Å²) in [5.74, 6) is -0.214. The number of fused-ring (bicyclic) bond motifs is 1. The topological polar surface area (TPSA) is 79.8 Å². The first-order valence-corrected chi connectivity index (χ1v) is 13.2. The van der Waals surface area contributed by atoms with Crippen LogP contribution in [0.1, 0.15) is 47.6 Å². The van der Waals surface area contributed by atoms with Crippen molar-refractivity contribution in [1.29, 1.82) is 0 Å². The van der Waals surface area contributed by atoms with Gasteiger partial charge < -0.3 is 4.74 Å². The maximum absolute atomic E-state index is 13.3. The van der Waals surface area contributed by atoms with Gasteiger partial charge in [-0.1, -0.05) is 6.08 Å². The van der Waals surface area contributed by atoms with Crippen LogP contribution < -0.4 is 4.90 Å². The van der Waals surface area contributed by atoms with Gasteiger partial charge in [-0.05, 0) is 63.8 Å². The molecule has 2 aliphatic rings. The summed E-state index contributed by atoms with van der Waals surface area (Å²) in [4.78, 5) is 21.0. The zero-order valence-corrected chi connectivity index (χ0v) is 20.1. The van der Waals surface area contributed by atoms with E-state index in [9.17, 15) is 13.2 Å². The van der Waals surface area contributed by atoms with Crippen LogP contribution in [0.25, 0.3) is 0 Å². The zero-order chi connectivity index (χ0) is 22.9. The number of amides is 1. The molecule has 0 spiro atoms. The molecular formula is C23H29N3O4S2. The molecule has 0 bridgehead atoms. The number of benzene rings is 1. The highest BCUT2D eigenvalue weighted by Crippen LogP contribution is 2.32. The molecular weight excluding hydrogens is 446 g/mol. The minimum atomic E-state index is -3.65. The first-order chi connectivity index (χ1) is 15.3. The Labute approximate surface area is 193 Å². The highest BCUT2D eigenvalue weighted by molar-refractivity contribution is 7.89. The number of rotatable bonds is 6. The van der Waals surface area contributed by atoms with Crippen molar-refractivity contribution in [2.45, 2.75) is 56.6 Å². The van der Waals surface area contributed by atoms with Gasteiger partial charge in [0.05, 0.1) is 22.8 Å². The second kappa shape index (κ2) is 9.43. The second-order valence-corrected chi connectivity index (χ2v) is 11.4. The van der Waals surface area contributed by atoms with Crippen LogP contribution in [-0.4, -0.2) is 55.5 Å². The Hall–Kier alpha value is -2.07. The molecule has 2 aromatic rings. The molecule has 2 unspecified atom stereocenters. The third-order valence-corrected chi connectivity index (χ3v) is 8.77. The second-order valence-electron chi connectivity index (χ2n) is 8.38. The van der Waals surface area contributed by atoms with Gasteiger partial charge in [0.25, 0.3) is 5.91 Å². The SMILES string of the molecule is C=CCN(C(=O)c1ccc(S(=O)(=O)N2CC(C)OC(C)C2)cc1)c1nc2c(s1)CCCC2. The van der Waals surface area contributed by atoms with Crippen molar-refractivity contribution in [3.8, 4) is 0 Å². The van der Waals surface area contributed by atoms with Gasteiger partial charge in [0, 0.05) is 30.1 Å². The maximum Gasteiger partial charge on any atom is 0.260 e. The Morgan fingerprint density at radius 1 is 1.22 bits per heavy atom. The number of aromatic nitrogens is 1. The van der Waals surface area contributed by atoms with E-state index < -0.39 is 10.0 Å². The van der Waals surface area contributed by atoms with Crippen LogP contribution in [0.15, 0.2) is 41.8 Å². The van der Waals surface area contributed by atoms with Crippen molar-refractivity contribution in [3.05, 3.63) is 53.1 Å². The summed E-state index contributed by atoms with van der Waals surface area (Å²) in [7, 11) is -3.65. The van der Waals surface area contributed by atoms with Crippen molar-refractivity contribution in [2.24, 2.45) is 0 Å². The van der Waals surface area contributed by atoms with Crippen LogP contribution in [-0.2, 0) is 27.6 Å². The number of morpholine rings is 1. The van der Waals surface area contributed by atoms with Gasteiger partial charge in [-0.3, -0.25) is 9.69 Å². The molecule has 4 rings (SSSR count). The number of aryl methyl sites for hydroxylation is 2. The number of thiazole rings is 1. The van der Waals surface area contributed by atoms with Gasteiger partial charge in [0.15, 0.2) is 5.13 Å². The van der Waals surface area contributed by atoms with Crippen molar-refractivity contribution in [3.63, 3.8) is 0 Å². The molecule has 9 heteroatoms. The van der Waals surface area contributed by atoms with E-state index in [1.165, 1.54) is 21.3 Å². The summed E-state index contributed by atoms with van der Waals surface area (Å²) in [6, 6.07) is 6.16. The molecule has 1 fully saturated rings. The van der Waals surface area contributed by atoms with Crippen LogP contribution in [0.3, 0.4) is 0 Å². The van der Waals surface area contributed by atoms with E-state index in [-0.39, 0.29) is 23.0 Å². The molecule has 1 aromatic heterocycles. The van der Waals surface area contributed by atoms with Gasteiger partial charge in [0.2, 0.25) is 10.0 Å². The average Bonchev–Trinajstić information content (AvgIpc) is 3.20. The van der Waals surface area contributed by atoms with E-state index in [0.717, 1.165) is 31.4 Å². The Balaban J connectivity index is 1.56. The summed E-state index contributed by atoms with van der Waals surface area (Å²) < 4.78 is 33.3. The highest BCUT2D eigenvalue weighted by Gasteiger charge is 2.32. The van der Waals surface area contributed by atoms with Gasteiger partial charge in [-0.15, -0.1) is 17.9 Å². The molecule has 1 aliphatic heterocycles. The van der Waals surface area contributed by atoms with Crippen molar-refractivity contribution in [2.75, 3.05) is 24.5 Å². The first kappa shape index (κ1) is 23.1. The lowest BCUT2D eigenvalue weighted by molar-refractivity contribution is -0.0440. The normalized spacial score (nSPS) is 21.7. The largest absolute Gasteiger partial charge is 0.373 e. The summed E-state index contributed by atoms with van der Waals surface area (Å²) in [5.41, 5.74) is 1.51. The van der Waals surface area contributed by atoms with Crippen LogP contribution in [0.5, 0.6) is 0 Å². The standard InChI is InChI=1S/C23H29N3O4S2/c1-4-13-26(23-24-20-7-5-6-8-21(20)31-23)22(27)18-9-11-19(12-10-18)32(28,29)25-14-16(2)30-17(3)15-25/h4,9-12,16-17H,1,5-8,13-15H2,2-3H3. The molecule has 1 saturated heterocycles. The minimum absolute atomic E-state index is 0.161. The van der Waals surface area contributed by atoms with Gasteiger partial charge >= 0.3 is 0 Å². The van der Waals surface area contributed by atoms with E-state index in [1.807, 2.05) is 13.8 Å². The number of carbonyl (C=O) groups excluding carboxylic acids is 1. The fraction of sp³-hybridized carbons (Fsp3) is 0.478. The van der Waals surface area contributed by atoms with Crippen LogP contribution in [0.4, 0.5) is 5.13 Å². The molecule has 0 N–H and O–H groups in total. The van der Waals surface area contributed by atoms with E-state index in [4.69, 9.17) is 9.72 Å². The molecule has 0 radical (unpaired) electrons. The number of ether oxygens (including phenoxy) is 1. The number of hydrogen-bond donors (Lipinski definition) is 0. The molecule has 2 heterocycles. The van der Waals surface area contributed by atoms with E-state index >= 15 is 0 Å². The molecule has 1 amide bonds. The van der Waals surface area contributed by atoms with Crippen molar-refractivity contribution < 1.29 is 17.9 Å². The summed E-state index contributed by atoms with van der Waals surface area (Å²) >= 11 is 1.56. The number of carbonyl (C=O) groups is 1. The van der Waals surface area contributed by atoms with E-state index in [2.05, 4.69) is 6.58 Å². The number of hydrogen-bond acceptors (Lipinski definition) is 6. The maximum atomic E-state index is 13.3. The highest BCUT2D eigenvalue weighted by atomic mass is 32.2. The minimum Gasteiger partial charge on any atom is -0.373 e. The summed E-state index contributed by atoms with van der Waals surface area (Å²) in [5, 5.41) is 0.676. The smallest absolute Gasteiger partial charge is 0.260 e. The van der Waals surface area contributed by atoms with Crippen molar-refractivity contribution >= 4 is 32.4 Å². The molecule has 1 aliphatic carbocycles. The predicted octanol–water partition coefficient (Wildman–Crippen LogP) is 3.65. The molecule has 1 aromatic carbocycles. The monoisotopic (exact) mass is 475 g/mol. The van der Waals surface area contributed by atoms with E-state index in [0.29, 0.717) is 30.3 Å². The molecule has 32 heavy (non-hydrogen) atoms. The Kier molecular flexibility index (Phi) is 6.80. The first-order valence-electron chi connectivity index (χ1n) is 11.0. The van der Waals surface area contributed by atoms with Crippen molar-refractivity contribution in [1.82, 2.24) is 9.29 Å². The van der Waals surface area contributed by atoms with Gasteiger partial charge in [-0.25, -0.2) is 13.4 Å². The third-order valence-electron chi connectivity index (χ3n) is 5.75. The van der Waals surface area contributed by atoms with Gasteiger partial charge in [-0.2, -0.15) is 4.31 Å². The molecule has 0 saturated carbocycles. The molecule has 2 atom stereocenters. The van der Waals surface area contributed by atoms with Crippen LogP contribution in [0, 0.1) is 0 Å². The fourth-order valence-electron chi connectivity index (χ4n) is 4.23. The predicted molar refractivity (Wildman–Crippen MR) is 126 cm³/mol. The Morgan fingerprint density at radius 3 is 2.50 bits per heavy atom. The molecule has 7 nitrogen and oxygen atoms in total. The quantitative estimate of drug-likeness (QED) is 0.596. The molecule has 172 valence electrons. The van der Waals surface area contributed by atoms with Crippen LogP contribution in [0.2, 0.25) is 0 Å². The lowest BCUT2D eigenvalue weighted by atomic mass is 10.0. The Morgan fingerprint density at radius 2 is 1.88 bits per heavy atom. The Bertz CT molecular complexity index is 1060. The fourth-order valence-corrected chi connectivity index (χ4v) is 6.98. The number of anilines is 1. The van der Waals surface area contributed by atoms with Gasteiger partial charge in [0.1, 0.15) is 0 Å². The third kappa shape index (κ3) is 4.66. The lowest BCUT2D eigenvalue weighted by Gasteiger charge is -2.34.